The van der Waals surface area contributed by atoms with Crippen molar-refractivity contribution in [2.24, 2.45) is 5.14 Å². The second kappa shape index (κ2) is 5.81. The van der Waals surface area contributed by atoms with Crippen molar-refractivity contribution in [1.29, 1.82) is 0 Å². The van der Waals surface area contributed by atoms with Crippen molar-refractivity contribution in [2.45, 2.75) is 18.2 Å². The maximum atomic E-state index is 11.5. The Kier molecular flexibility index (Phi) is 4.62. The van der Waals surface area contributed by atoms with Gasteiger partial charge in [0.2, 0.25) is 15.9 Å². The Morgan fingerprint density at radius 2 is 2.00 bits per heavy atom. The third kappa shape index (κ3) is 4.34. The summed E-state index contributed by atoms with van der Waals surface area (Å²) in [5, 5.41) is 7.39. The van der Waals surface area contributed by atoms with Crippen molar-refractivity contribution in [3.63, 3.8) is 0 Å². The number of sulfonamides is 1. The standard InChI is InChI=1S/C11H14N2O5S/c1-7(14)5-11(15)13-9-6-8(19(12,16)17)3-4-10(9)18-2/h3-4,6H,5H2,1-2H3,(H,13,15)(H2,12,16,17). The van der Waals surface area contributed by atoms with Gasteiger partial charge in [0.1, 0.15) is 11.5 Å². The van der Waals surface area contributed by atoms with Crippen LogP contribution in [0.25, 0.3) is 0 Å². The van der Waals surface area contributed by atoms with Crippen LogP contribution in [0.5, 0.6) is 5.75 Å². The highest BCUT2D eigenvalue weighted by Gasteiger charge is 2.14. The van der Waals surface area contributed by atoms with Gasteiger partial charge in [0.25, 0.3) is 0 Å². The Morgan fingerprint density at radius 3 is 2.47 bits per heavy atom. The van der Waals surface area contributed by atoms with Crippen LogP contribution in [0, 0.1) is 0 Å². The molecule has 0 saturated carbocycles. The topological polar surface area (TPSA) is 116 Å². The van der Waals surface area contributed by atoms with Gasteiger partial charge in [0.05, 0.1) is 24.1 Å². The van der Waals surface area contributed by atoms with Crippen molar-refractivity contribution in [3.05, 3.63) is 18.2 Å². The number of hydrogen-bond acceptors (Lipinski definition) is 5. The predicted octanol–water partition coefficient (Wildman–Crippen LogP) is 0.260. The number of methoxy groups -OCH3 is 1. The minimum Gasteiger partial charge on any atom is -0.495 e. The largest absolute Gasteiger partial charge is 0.495 e. The number of nitrogens with one attached hydrogen (secondary N) is 1. The normalized spacial score (nSPS) is 10.9. The lowest BCUT2D eigenvalue weighted by molar-refractivity contribution is -0.124. The van der Waals surface area contributed by atoms with Gasteiger partial charge in [-0.3, -0.25) is 9.59 Å². The summed E-state index contributed by atoms with van der Waals surface area (Å²) in [6.45, 7) is 1.28. The van der Waals surface area contributed by atoms with E-state index < -0.39 is 15.9 Å². The summed E-state index contributed by atoms with van der Waals surface area (Å²) >= 11 is 0. The van der Waals surface area contributed by atoms with Crippen LogP contribution in [0.2, 0.25) is 0 Å². The lowest BCUT2D eigenvalue weighted by Crippen LogP contribution is -2.17. The van der Waals surface area contributed by atoms with Gasteiger partial charge in [0.15, 0.2) is 0 Å². The Hall–Kier alpha value is -1.93. The molecule has 0 saturated heterocycles. The van der Waals surface area contributed by atoms with Crippen molar-refractivity contribution in [1.82, 2.24) is 0 Å². The van der Waals surface area contributed by atoms with Crippen LogP contribution in [0.15, 0.2) is 23.1 Å². The van der Waals surface area contributed by atoms with Crippen LogP contribution in [0.4, 0.5) is 5.69 Å². The molecule has 0 aliphatic heterocycles. The number of primary sulfonamides is 1. The number of anilines is 1. The lowest BCUT2D eigenvalue weighted by Gasteiger charge is -2.11. The van der Waals surface area contributed by atoms with E-state index in [1.54, 1.807) is 0 Å². The summed E-state index contributed by atoms with van der Waals surface area (Å²) in [5.41, 5.74) is 0.139. The van der Waals surface area contributed by atoms with Gasteiger partial charge in [-0.15, -0.1) is 0 Å². The number of nitrogens with two attached hydrogens (primary N) is 1. The van der Waals surface area contributed by atoms with Crippen molar-refractivity contribution in [3.8, 4) is 5.75 Å². The van der Waals surface area contributed by atoms with Crippen molar-refractivity contribution >= 4 is 27.4 Å². The zero-order valence-electron chi connectivity index (χ0n) is 10.5. The summed E-state index contributed by atoms with van der Waals surface area (Å²) < 4.78 is 27.4. The smallest absolute Gasteiger partial charge is 0.238 e. The quantitative estimate of drug-likeness (QED) is 0.753. The highest BCUT2D eigenvalue weighted by atomic mass is 32.2. The molecule has 1 aromatic rings. The zero-order valence-corrected chi connectivity index (χ0v) is 11.3. The number of carbonyl (C=O) groups is 2. The predicted molar refractivity (Wildman–Crippen MR) is 68.3 cm³/mol. The average Bonchev–Trinajstić information content (AvgIpc) is 2.26. The molecular weight excluding hydrogens is 272 g/mol. The van der Waals surface area contributed by atoms with Crippen LogP contribution in [0.3, 0.4) is 0 Å². The third-order valence-electron chi connectivity index (χ3n) is 2.18. The van der Waals surface area contributed by atoms with Crippen LogP contribution in [0.1, 0.15) is 13.3 Å². The molecule has 8 heteroatoms. The molecule has 3 N–H and O–H groups in total. The fraction of sp³-hybridized carbons (Fsp3) is 0.273. The van der Waals surface area contributed by atoms with Crippen LogP contribution >= 0.6 is 0 Å². The van der Waals surface area contributed by atoms with E-state index in [4.69, 9.17) is 9.88 Å². The molecule has 0 spiro atoms. The first kappa shape index (κ1) is 15.1. The van der Waals surface area contributed by atoms with Crippen molar-refractivity contribution < 1.29 is 22.7 Å². The van der Waals surface area contributed by atoms with E-state index in [9.17, 15) is 18.0 Å². The Morgan fingerprint density at radius 1 is 1.37 bits per heavy atom. The minimum atomic E-state index is -3.88. The molecule has 0 radical (unpaired) electrons. The number of amides is 1. The number of ketones is 1. The van der Waals surface area contributed by atoms with E-state index in [-0.39, 0.29) is 28.5 Å². The zero-order chi connectivity index (χ0) is 14.6. The third-order valence-corrected chi connectivity index (χ3v) is 3.09. The molecule has 0 atom stereocenters. The molecule has 19 heavy (non-hydrogen) atoms. The van der Waals surface area contributed by atoms with Gasteiger partial charge in [-0.05, 0) is 25.1 Å². The molecule has 0 aromatic heterocycles. The number of rotatable bonds is 5. The molecule has 0 unspecified atom stereocenters. The molecule has 104 valence electrons. The molecular formula is C11H14N2O5S. The van der Waals surface area contributed by atoms with Crippen LogP contribution in [-0.4, -0.2) is 27.2 Å². The maximum absolute atomic E-state index is 11.5. The lowest BCUT2D eigenvalue weighted by atomic mass is 10.2. The number of benzene rings is 1. The average molecular weight is 286 g/mol. The van der Waals surface area contributed by atoms with E-state index in [2.05, 4.69) is 5.32 Å². The van der Waals surface area contributed by atoms with Gasteiger partial charge < -0.3 is 10.1 Å². The summed E-state index contributed by atoms with van der Waals surface area (Å²) in [6, 6.07) is 3.80. The summed E-state index contributed by atoms with van der Waals surface area (Å²) in [5.74, 6) is -0.597. The van der Waals surface area contributed by atoms with Crippen LogP contribution < -0.4 is 15.2 Å². The molecule has 0 fully saturated rings. The highest BCUT2D eigenvalue weighted by Crippen LogP contribution is 2.27. The number of ether oxygens (including phenoxy) is 1. The van der Waals surface area contributed by atoms with Crippen molar-refractivity contribution in [2.75, 3.05) is 12.4 Å². The van der Waals surface area contributed by atoms with E-state index >= 15 is 0 Å². The monoisotopic (exact) mass is 286 g/mol. The Balaban J connectivity index is 3.10. The Labute approximate surface area is 110 Å². The molecule has 0 heterocycles. The molecule has 0 bridgehead atoms. The maximum Gasteiger partial charge on any atom is 0.238 e. The number of carbonyl (C=O) groups excluding carboxylic acids is 2. The van der Waals surface area contributed by atoms with Gasteiger partial charge in [-0.1, -0.05) is 0 Å². The SMILES string of the molecule is COc1ccc(S(N)(=O)=O)cc1NC(=O)CC(C)=O. The van der Waals surface area contributed by atoms with Gasteiger partial charge >= 0.3 is 0 Å². The molecule has 0 aliphatic carbocycles. The first-order chi connectivity index (χ1) is 8.74. The fourth-order valence-corrected chi connectivity index (χ4v) is 1.92. The second-order valence-electron chi connectivity index (χ2n) is 3.83. The van der Waals surface area contributed by atoms with Gasteiger partial charge in [-0.2, -0.15) is 0 Å². The van der Waals surface area contributed by atoms with Gasteiger partial charge in [0, 0.05) is 0 Å². The van der Waals surface area contributed by atoms with E-state index in [0.29, 0.717) is 0 Å². The highest BCUT2D eigenvalue weighted by molar-refractivity contribution is 7.89. The first-order valence-corrected chi connectivity index (χ1v) is 6.79. The molecule has 1 amide bonds. The molecule has 1 rings (SSSR count). The Bertz CT molecular complexity index is 610. The first-order valence-electron chi connectivity index (χ1n) is 5.24. The summed E-state index contributed by atoms with van der Waals surface area (Å²) in [4.78, 5) is 22.1. The summed E-state index contributed by atoms with van der Waals surface area (Å²) in [7, 11) is -2.52. The fourth-order valence-electron chi connectivity index (χ4n) is 1.38. The summed E-state index contributed by atoms with van der Waals surface area (Å²) in [6.07, 6.45) is -0.303. The molecule has 7 nitrogen and oxygen atoms in total. The van der Waals surface area contributed by atoms with Gasteiger partial charge in [-0.25, -0.2) is 13.6 Å². The van der Waals surface area contributed by atoms with E-state index in [0.717, 1.165) is 0 Å². The number of hydrogen-bond donors (Lipinski definition) is 2. The van der Waals surface area contributed by atoms with Crippen LogP contribution in [-0.2, 0) is 19.6 Å². The van der Waals surface area contributed by atoms with E-state index in [1.807, 2.05) is 0 Å². The number of Topliss-reactive ketones (excluding diaryl/α,β-unsaturated/α-hetero) is 1. The van der Waals surface area contributed by atoms with E-state index in [1.165, 1.54) is 32.2 Å². The molecule has 1 aromatic carbocycles. The molecule has 0 aliphatic rings. The minimum absolute atomic E-state index is 0.139. The second-order valence-corrected chi connectivity index (χ2v) is 5.40.